The Morgan fingerprint density at radius 3 is 2.82 bits per heavy atom. The average molecular weight is 246 g/mol. The van der Waals surface area contributed by atoms with Crippen LogP contribution in [0.3, 0.4) is 0 Å². The lowest BCUT2D eigenvalue weighted by Gasteiger charge is -2.00. The van der Waals surface area contributed by atoms with Gasteiger partial charge in [0.25, 0.3) is 5.88 Å². The molecular formula is C12H10N2O2S. The Morgan fingerprint density at radius 1 is 1.24 bits per heavy atom. The molecule has 17 heavy (non-hydrogen) atoms. The molecule has 1 aromatic carbocycles. The molecule has 3 aromatic rings. The summed E-state index contributed by atoms with van der Waals surface area (Å²) in [6, 6.07) is 7.79. The number of fused-ring (bicyclic) bond motifs is 3. The summed E-state index contributed by atoms with van der Waals surface area (Å²) in [5.74, 6) is 0.482. The molecule has 0 bridgehead atoms. The van der Waals surface area contributed by atoms with Crippen molar-refractivity contribution in [3.8, 4) is 5.88 Å². The third-order valence-electron chi connectivity index (χ3n) is 2.54. The Hall–Kier alpha value is -1.75. The van der Waals surface area contributed by atoms with Crippen molar-refractivity contribution in [1.29, 1.82) is 0 Å². The van der Waals surface area contributed by atoms with Crippen molar-refractivity contribution in [3.63, 3.8) is 0 Å². The topological polar surface area (TPSA) is 48.2 Å². The molecule has 3 rings (SSSR count). The maximum Gasteiger partial charge on any atom is 0.262 e. The fourth-order valence-electron chi connectivity index (χ4n) is 1.78. The maximum absolute atomic E-state index is 5.71. The summed E-state index contributed by atoms with van der Waals surface area (Å²) in [5, 5.41) is 1.67. The van der Waals surface area contributed by atoms with Crippen molar-refractivity contribution in [1.82, 2.24) is 9.97 Å². The molecule has 86 valence electrons. The number of hydrogen-bond donors (Lipinski definition) is 0. The summed E-state index contributed by atoms with van der Waals surface area (Å²) in [6.07, 6.45) is 1.93. The van der Waals surface area contributed by atoms with E-state index in [1.807, 2.05) is 30.5 Å². The van der Waals surface area contributed by atoms with Gasteiger partial charge in [0.2, 0.25) is 5.58 Å². The molecule has 0 unspecified atom stereocenters. The molecule has 2 aromatic heterocycles. The number of methoxy groups -OCH3 is 1. The SMILES string of the molecule is COc1nc(SC)nc2c1oc1ccccc12. The van der Waals surface area contributed by atoms with Crippen LogP contribution in [-0.2, 0) is 0 Å². The number of para-hydroxylation sites is 1. The van der Waals surface area contributed by atoms with Gasteiger partial charge in [-0.2, -0.15) is 4.98 Å². The molecule has 0 spiro atoms. The van der Waals surface area contributed by atoms with Gasteiger partial charge in [-0.3, -0.25) is 0 Å². The van der Waals surface area contributed by atoms with Crippen LogP contribution in [0.25, 0.3) is 22.1 Å². The molecule has 0 aliphatic rings. The van der Waals surface area contributed by atoms with Crippen molar-refractivity contribution in [2.75, 3.05) is 13.4 Å². The highest BCUT2D eigenvalue weighted by atomic mass is 32.2. The van der Waals surface area contributed by atoms with Crippen LogP contribution in [0.5, 0.6) is 5.88 Å². The van der Waals surface area contributed by atoms with Crippen LogP contribution in [0.15, 0.2) is 33.8 Å². The zero-order valence-electron chi connectivity index (χ0n) is 9.43. The van der Waals surface area contributed by atoms with E-state index < -0.39 is 0 Å². The number of thioether (sulfide) groups is 1. The lowest BCUT2D eigenvalue weighted by atomic mass is 10.2. The van der Waals surface area contributed by atoms with Crippen LogP contribution >= 0.6 is 11.8 Å². The third kappa shape index (κ3) is 1.54. The van der Waals surface area contributed by atoms with E-state index in [0.717, 1.165) is 16.5 Å². The van der Waals surface area contributed by atoms with Crippen LogP contribution in [-0.4, -0.2) is 23.3 Å². The predicted octanol–water partition coefficient (Wildman–Crippen LogP) is 3.11. The second-order valence-corrected chi connectivity index (χ2v) is 4.27. The molecule has 0 atom stereocenters. The van der Waals surface area contributed by atoms with Crippen LogP contribution in [0, 0.1) is 0 Å². The van der Waals surface area contributed by atoms with Gasteiger partial charge in [-0.1, -0.05) is 23.9 Å². The zero-order valence-corrected chi connectivity index (χ0v) is 10.2. The number of hydrogen-bond acceptors (Lipinski definition) is 5. The predicted molar refractivity (Wildman–Crippen MR) is 67.6 cm³/mol. The van der Waals surface area contributed by atoms with E-state index in [1.165, 1.54) is 11.8 Å². The number of ether oxygens (including phenoxy) is 1. The standard InChI is InChI=1S/C12H10N2O2S/c1-15-11-10-9(13-12(14-11)17-2)7-5-3-4-6-8(7)16-10/h3-6H,1-2H3. The first kappa shape index (κ1) is 10.4. The Bertz CT molecular complexity index is 693. The minimum absolute atomic E-state index is 0.482. The Balaban J connectivity index is 2.47. The molecule has 0 aliphatic carbocycles. The van der Waals surface area contributed by atoms with E-state index in [9.17, 15) is 0 Å². The Kier molecular flexibility index (Phi) is 2.40. The van der Waals surface area contributed by atoms with Crippen LogP contribution in [0.1, 0.15) is 0 Å². The van der Waals surface area contributed by atoms with E-state index in [4.69, 9.17) is 9.15 Å². The molecule has 4 nitrogen and oxygen atoms in total. The van der Waals surface area contributed by atoms with Crippen LogP contribution in [0.2, 0.25) is 0 Å². The minimum atomic E-state index is 0.482. The molecule has 0 saturated heterocycles. The lowest BCUT2D eigenvalue weighted by Crippen LogP contribution is -1.92. The van der Waals surface area contributed by atoms with Gasteiger partial charge >= 0.3 is 0 Å². The van der Waals surface area contributed by atoms with E-state index in [2.05, 4.69) is 9.97 Å². The van der Waals surface area contributed by atoms with Gasteiger partial charge in [-0.05, 0) is 18.4 Å². The third-order valence-corrected chi connectivity index (χ3v) is 3.09. The fourth-order valence-corrected chi connectivity index (χ4v) is 2.13. The van der Waals surface area contributed by atoms with Gasteiger partial charge in [0.15, 0.2) is 5.16 Å². The number of furan rings is 1. The van der Waals surface area contributed by atoms with Gasteiger partial charge in [-0.15, -0.1) is 0 Å². The van der Waals surface area contributed by atoms with Crippen molar-refractivity contribution >= 4 is 33.8 Å². The second-order valence-electron chi connectivity index (χ2n) is 3.50. The first-order valence-electron chi connectivity index (χ1n) is 5.10. The monoisotopic (exact) mass is 246 g/mol. The smallest absolute Gasteiger partial charge is 0.262 e. The number of nitrogens with zero attached hydrogens (tertiary/aromatic N) is 2. The van der Waals surface area contributed by atoms with Gasteiger partial charge in [0.05, 0.1) is 7.11 Å². The fraction of sp³-hybridized carbons (Fsp3) is 0.167. The summed E-state index contributed by atoms with van der Waals surface area (Å²) in [4.78, 5) is 8.74. The Morgan fingerprint density at radius 2 is 2.06 bits per heavy atom. The van der Waals surface area contributed by atoms with Gasteiger partial charge in [0.1, 0.15) is 11.1 Å². The summed E-state index contributed by atoms with van der Waals surface area (Å²) in [5.41, 5.74) is 2.21. The lowest BCUT2D eigenvalue weighted by molar-refractivity contribution is 0.390. The van der Waals surface area contributed by atoms with Gasteiger partial charge in [0, 0.05) is 5.39 Å². The normalized spacial score (nSPS) is 11.2. The van der Waals surface area contributed by atoms with Crippen molar-refractivity contribution in [2.45, 2.75) is 5.16 Å². The highest BCUT2D eigenvalue weighted by Gasteiger charge is 2.15. The first-order valence-corrected chi connectivity index (χ1v) is 6.33. The maximum atomic E-state index is 5.71. The number of aromatic nitrogens is 2. The molecule has 0 radical (unpaired) electrons. The molecule has 0 aliphatic heterocycles. The van der Waals surface area contributed by atoms with Gasteiger partial charge in [-0.25, -0.2) is 4.98 Å². The van der Waals surface area contributed by atoms with E-state index in [1.54, 1.807) is 7.11 Å². The van der Waals surface area contributed by atoms with Crippen molar-refractivity contribution in [3.05, 3.63) is 24.3 Å². The number of rotatable bonds is 2. The molecule has 0 N–H and O–H groups in total. The highest BCUT2D eigenvalue weighted by Crippen LogP contribution is 2.33. The van der Waals surface area contributed by atoms with Crippen LogP contribution < -0.4 is 4.74 Å². The summed E-state index contributed by atoms with van der Waals surface area (Å²) < 4.78 is 11.0. The number of benzene rings is 1. The van der Waals surface area contributed by atoms with Crippen LogP contribution in [0.4, 0.5) is 0 Å². The van der Waals surface area contributed by atoms with Crippen molar-refractivity contribution in [2.24, 2.45) is 0 Å². The van der Waals surface area contributed by atoms with Gasteiger partial charge < -0.3 is 9.15 Å². The second kappa shape index (κ2) is 3.92. The average Bonchev–Trinajstić information content (AvgIpc) is 2.76. The molecular weight excluding hydrogens is 236 g/mol. The molecule has 0 amide bonds. The molecule has 5 heteroatoms. The van der Waals surface area contributed by atoms with E-state index >= 15 is 0 Å². The van der Waals surface area contributed by atoms with E-state index in [-0.39, 0.29) is 0 Å². The zero-order chi connectivity index (χ0) is 11.8. The summed E-state index contributed by atoms with van der Waals surface area (Å²) >= 11 is 1.48. The summed E-state index contributed by atoms with van der Waals surface area (Å²) in [6.45, 7) is 0. The Labute approximate surface area is 102 Å². The first-order chi connectivity index (χ1) is 8.33. The molecule has 0 fully saturated rings. The largest absolute Gasteiger partial charge is 0.478 e. The highest BCUT2D eigenvalue weighted by molar-refractivity contribution is 7.98. The van der Waals surface area contributed by atoms with Crippen molar-refractivity contribution < 1.29 is 9.15 Å². The quantitative estimate of drug-likeness (QED) is 0.513. The summed E-state index contributed by atoms with van der Waals surface area (Å²) in [7, 11) is 1.58. The molecule has 0 saturated carbocycles. The molecule has 2 heterocycles. The van der Waals surface area contributed by atoms with E-state index in [0.29, 0.717) is 16.6 Å². The minimum Gasteiger partial charge on any atom is -0.478 e.